The standard InChI is InChI=1S/C12H22N2O2/c1-3-6-13-8-10-14(11-9-13)7-5-12(15)16-4-2/h3H,1,4-11H2,2H3. The maximum absolute atomic E-state index is 11.2. The Hall–Kier alpha value is -0.870. The molecular formula is C12H22N2O2. The molecule has 1 fully saturated rings. The maximum Gasteiger partial charge on any atom is 0.307 e. The third-order valence-corrected chi connectivity index (χ3v) is 2.79. The predicted molar refractivity (Wildman–Crippen MR) is 64.3 cm³/mol. The number of hydrogen-bond acceptors (Lipinski definition) is 4. The highest BCUT2D eigenvalue weighted by Gasteiger charge is 2.16. The summed E-state index contributed by atoms with van der Waals surface area (Å²) >= 11 is 0. The average molecular weight is 226 g/mol. The summed E-state index contributed by atoms with van der Waals surface area (Å²) in [5.74, 6) is -0.0870. The van der Waals surface area contributed by atoms with Crippen molar-refractivity contribution in [2.24, 2.45) is 0 Å². The van der Waals surface area contributed by atoms with Gasteiger partial charge in [0.15, 0.2) is 0 Å². The zero-order valence-corrected chi connectivity index (χ0v) is 10.2. The van der Waals surface area contributed by atoms with E-state index in [0.717, 1.165) is 39.3 Å². The first-order valence-electron chi connectivity index (χ1n) is 5.97. The van der Waals surface area contributed by atoms with E-state index in [4.69, 9.17) is 4.74 Å². The fourth-order valence-electron chi connectivity index (χ4n) is 1.86. The van der Waals surface area contributed by atoms with Gasteiger partial charge >= 0.3 is 5.97 Å². The number of carbonyl (C=O) groups is 1. The molecule has 16 heavy (non-hydrogen) atoms. The lowest BCUT2D eigenvalue weighted by Crippen LogP contribution is -2.46. The molecule has 0 saturated carbocycles. The van der Waals surface area contributed by atoms with Crippen LogP contribution in [0.1, 0.15) is 13.3 Å². The molecule has 1 saturated heterocycles. The normalized spacial score (nSPS) is 18.3. The van der Waals surface area contributed by atoms with Crippen molar-refractivity contribution in [1.82, 2.24) is 9.80 Å². The Morgan fingerprint density at radius 1 is 1.31 bits per heavy atom. The van der Waals surface area contributed by atoms with E-state index in [2.05, 4.69) is 16.4 Å². The Morgan fingerprint density at radius 3 is 2.50 bits per heavy atom. The van der Waals surface area contributed by atoms with Crippen molar-refractivity contribution in [1.29, 1.82) is 0 Å². The first kappa shape index (κ1) is 13.2. The third-order valence-electron chi connectivity index (χ3n) is 2.79. The Morgan fingerprint density at radius 2 is 1.94 bits per heavy atom. The highest BCUT2D eigenvalue weighted by molar-refractivity contribution is 5.69. The number of piperazine rings is 1. The van der Waals surface area contributed by atoms with Crippen LogP contribution in [0.25, 0.3) is 0 Å². The van der Waals surface area contributed by atoms with Gasteiger partial charge in [-0.25, -0.2) is 0 Å². The summed E-state index contributed by atoms with van der Waals surface area (Å²) in [4.78, 5) is 15.9. The number of hydrogen-bond donors (Lipinski definition) is 0. The number of ether oxygens (including phenoxy) is 1. The molecule has 0 aromatic heterocycles. The summed E-state index contributed by atoms with van der Waals surface area (Å²) in [6.45, 7) is 12.0. The lowest BCUT2D eigenvalue weighted by Gasteiger charge is -2.33. The molecule has 92 valence electrons. The van der Waals surface area contributed by atoms with Gasteiger partial charge in [0.25, 0.3) is 0 Å². The summed E-state index contributed by atoms with van der Waals surface area (Å²) in [7, 11) is 0. The molecule has 0 amide bonds. The van der Waals surface area contributed by atoms with E-state index in [1.807, 2.05) is 13.0 Å². The summed E-state index contributed by atoms with van der Waals surface area (Å²) in [5, 5.41) is 0. The summed E-state index contributed by atoms with van der Waals surface area (Å²) < 4.78 is 4.90. The van der Waals surface area contributed by atoms with Gasteiger partial charge in [0.2, 0.25) is 0 Å². The van der Waals surface area contributed by atoms with Gasteiger partial charge in [-0.2, -0.15) is 0 Å². The Bertz CT molecular complexity index is 223. The van der Waals surface area contributed by atoms with Crippen molar-refractivity contribution >= 4 is 5.97 Å². The highest BCUT2D eigenvalue weighted by atomic mass is 16.5. The number of rotatable bonds is 6. The Balaban J connectivity index is 2.12. The molecule has 1 rings (SSSR count). The van der Waals surface area contributed by atoms with Gasteiger partial charge < -0.3 is 9.64 Å². The largest absolute Gasteiger partial charge is 0.466 e. The number of nitrogens with zero attached hydrogens (tertiary/aromatic N) is 2. The van der Waals surface area contributed by atoms with Gasteiger partial charge in [0.05, 0.1) is 13.0 Å². The van der Waals surface area contributed by atoms with Crippen LogP contribution in [-0.2, 0) is 9.53 Å². The lowest BCUT2D eigenvalue weighted by atomic mass is 10.3. The van der Waals surface area contributed by atoms with E-state index >= 15 is 0 Å². The summed E-state index contributed by atoms with van der Waals surface area (Å²) in [6, 6.07) is 0. The molecule has 0 N–H and O–H groups in total. The van der Waals surface area contributed by atoms with Gasteiger partial charge in [0, 0.05) is 39.3 Å². The molecule has 1 aliphatic rings. The van der Waals surface area contributed by atoms with Crippen LogP contribution >= 0.6 is 0 Å². The van der Waals surface area contributed by atoms with Crippen LogP contribution in [0.15, 0.2) is 12.7 Å². The zero-order chi connectivity index (χ0) is 11.8. The minimum Gasteiger partial charge on any atom is -0.466 e. The molecule has 0 unspecified atom stereocenters. The monoisotopic (exact) mass is 226 g/mol. The van der Waals surface area contributed by atoms with Crippen molar-refractivity contribution in [2.45, 2.75) is 13.3 Å². The van der Waals surface area contributed by atoms with Gasteiger partial charge in [-0.15, -0.1) is 6.58 Å². The van der Waals surface area contributed by atoms with Crippen molar-refractivity contribution in [2.75, 3.05) is 45.9 Å². The first-order chi connectivity index (χ1) is 7.76. The summed E-state index contributed by atoms with van der Waals surface area (Å²) in [5.41, 5.74) is 0. The quantitative estimate of drug-likeness (QED) is 0.494. The van der Waals surface area contributed by atoms with Crippen molar-refractivity contribution in [3.63, 3.8) is 0 Å². The highest BCUT2D eigenvalue weighted by Crippen LogP contribution is 2.02. The Kier molecular flexibility index (Phi) is 6.11. The minimum atomic E-state index is -0.0870. The van der Waals surface area contributed by atoms with E-state index in [1.165, 1.54) is 0 Å². The molecule has 0 radical (unpaired) electrons. The van der Waals surface area contributed by atoms with Crippen LogP contribution in [0.4, 0.5) is 0 Å². The van der Waals surface area contributed by atoms with Gasteiger partial charge in [-0.05, 0) is 6.92 Å². The number of esters is 1. The average Bonchev–Trinajstić information content (AvgIpc) is 2.29. The fraction of sp³-hybridized carbons (Fsp3) is 0.750. The fourth-order valence-corrected chi connectivity index (χ4v) is 1.86. The molecule has 1 aliphatic heterocycles. The molecule has 1 heterocycles. The van der Waals surface area contributed by atoms with Crippen molar-refractivity contribution < 1.29 is 9.53 Å². The molecular weight excluding hydrogens is 204 g/mol. The lowest BCUT2D eigenvalue weighted by molar-refractivity contribution is -0.143. The molecule has 0 spiro atoms. The van der Waals surface area contributed by atoms with Crippen LogP contribution in [0.5, 0.6) is 0 Å². The molecule has 0 aromatic carbocycles. The van der Waals surface area contributed by atoms with E-state index in [9.17, 15) is 4.79 Å². The predicted octanol–water partition coefficient (Wildman–Crippen LogP) is 0.743. The second-order valence-electron chi connectivity index (χ2n) is 3.99. The smallest absolute Gasteiger partial charge is 0.307 e. The van der Waals surface area contributed by atoms with Gasteiger partial charge in [-0.3, -0.25) is 9.69 Å². The molecule has 0 atom stereocenters. The van der Waals surface area contributed by atoms with Crippen LogP contribution in [0, 0.1) is 0 Å². The van der Waals surface area contributed by atoms with Crippen LogP contribution in [0.2, 0.25) is 0 Å². The maximum atomic E-state index is 11.2. The van der Waals surface area contributed by atoms with E-state index < -0.39 is 0 Å². The van der Waals surface area contributed by atoms with Crippen LogP contribution in [0.3, 0.4) is 0 Å². The van der Waals surface area contributed by atoms with E-state index in [-0.39, 0.29) is 5.97 Å². The number of carbonyl (C=O) groups excluding carboxylic acids is 1. The second-order valence-corrected chi connectivity index (χ2v) is 3.99. The SMILES string of the molecule is C=CCN1CCN(CCC(=O)OCC)CC1. The Labute approximate surface area is 97.9 Å². The first-order valence-corrected chi connectivity index (χ1v) is 5.97. The van der Waals surface area contributed by atoms with Crippen LogP contribution < -0.4 is 0 Å². The second kappa shape index (κ2) is 7.41. The zero-order valence-electron chi connectivity index (χ0n) is 10.2. The van der Waals surface area contributed by atoms with E-state index in [1.54, 1.807) is 0 Å². The summed E-state index contributed by atoms with van der Waals surface area (Å²) in [6.07, 6.45) is 2.45. The molecule has 4 nitrogen and oxygen atoms in total. The van der Waals surface area contributed by atoms with Crippen LogP contribution in [-0.4, -0.2) is 61.6 Å². The van der Waals surface area contributed by atoms with Gasteiger partial charge in [-0.1, -0.05) is 6.08 Å². The molecule has 0 aliphatic carbocycles. The molecule has 0 bridgehead atoms. The van der Waals surface area contributed by atoms with Gasteiger partial charge in [0.1, 0.15) is 0 Å². The topological polar surface area (TPSA) is 32.8 Å². The third kappa shape index (κ3) is 4.77. The molecule has 0 aromatic rings. The molecule has 4 heteroatoms. The minimum absolute atomic E-state index is 0.0870. The van der Waals surface area contributed by atoms with Crippen molar-refractivity contribution in [3.05, 3.63) is 12.7 Å². The van der Waals surface area contributed by atoms with E-state index in [0.29, 0.717) is 13.0 Å². The van der Waals surface area contributed by atoms with Crippen molar-refractivity contribution in [3.8, 4) is 0 Å².